The molecule has 1 fully saturated rings. The first kappa shape index (κ1) is 3.46. The predicted octanol–water partition coefficient (Wildman–Crippen LogP) is -0.145. The van der Waals surface area contributed by atoms with Gasteiger partial charge in [-0.3, -0.25) is 0 Å². The van der Waals surface area contributed by atoms with Crippen LogP contribution >= 0.6 is 11.8 Å². The van der Waals surface area contributed by atoms with Gasteiger partial charge in [-0.2, -0.15) is 0 Å². The summed E-state index contributed by atoms with van der Waals surface area (Å²) in [4.78, 5) is 0. The maximum Gasteiger partial charge on any atom is 1.00 e. The Bertz CT molecular complexity index is 23.1. The average molecular weight is 91.2 g/mol. The van der Waals surface area contributed by atoms with Crippen molar-refractivity contribution in [3.8, 4) is 0 Å². The van der Waals surface area contributed by atoms with Crippen LogP contribution in [0, 0.1) is 0 Å². The molecule has 5 heavy (non-hydrogen) atoms. The Kier molecular flexibility index (Phi) is 1.14. The van der Waals surface area contributed by atoms with Gasteiger partial charge >= 0.3 is 1.43 Å². The van der Waals surface area contributed by atoms with Crippen molar-refractivity contribution in [2.24, 2.45) is 0 Å². The maximum absolute atomic E-state index is 2.94. The third kappa shape index (κ3) is 0.792. The van der Waals surface area contributed by atoms with Crippen molar-refractivity contribution in [3.05, 3.63) is 0 Å². The van der Waals surface area contributed by atoms with E-state index < -0.39 is 0 Å². The minimum absolute atomic E-state index is 0. The molecule has 1 heterocycles. The van der Waals surface area contributed by atoms with E-state index in [1.54, 1.807) is 0 Å². The van der Waals surface area contributed by atoms with E-state index in [-0.39, 0.29) is 1.43 Å². The number of hydrogen-bond acceptors (Lipinski definition) is 3. The van der Waals surface area contributed by atoms with E-state index in [9.17, 15) is 0 Å². The fraction of sp³-hybridized carbons (Fsp3) is 1.00. The van der Waals surface area contributed by atoms with Gasteiger partial charge in [0.1, 0.15) is 0 Å². The highest BCUT2D eigenvalue weighted by molar-refractivity contribution is 7.99. The second kappa shape index (κ2) is 1.64. The van der Waals surface area contributed by atoms with Crippen LogP contribution in [0.15, 0.2) is 0 Å². The molecule has 0 aromatic heterocycles. The smallest absolute Gasteiger partial charge is 0.247 e. The molecule has 1 aliphatic heterocycles. The van der Waals surface area contributed by atoms with E-state index in [0.717, 1.165) is 11.8 Å². The van der Waals surface area contributed by atoms with Crippen molar-refractivity contribution in [2.45, 2.75) is 0 Å². The van der Waals surface area contributed by atoms with Crippen LogP contribution in [0.3, 0.4) is 0 Å². The van der Waals surface area contributed by atoms with Crippen LogP contribution in [0.1, 0.15) is 1.43 Å². The fourth-order valence-electron chi connectivity index (χ4n) is 0.255. The molecule has 2 nitrogen and oxygen atoms in total. The molecule has 0 aromatic rings. The zero-order valence-electron chi connectivity index (χ0n) is 3.82. The molecule has 0 atom stereocenters. The molecule has 1 saturated heterocycles. The summed E-state index contributed by atoms with van der Waals surface area (Å²) in [5.74, 6) is 2.11. The summed E-state index contributed by atoms with van der Waals surface area (Å²) in [5.41, 5.74) is 5.87. The molecule has 0 spiro atoms. The monoisotopic (exact) mass is 91.0 g/mol. The molecule has 0 amide bonds. The largest absolute Gasteiger partial charge is 1.00 e. The van der Waals surface area contributed by atoms with Crippen LogP contribution in [-0.2, 0) is 0 Å². The molecule has 1 rings (SSSR count). The van der Waals surface area contributed by atoms with Crippen molar-refractivity contribution >= 4 is 11.8 Å². The Morgan fingerprint density at radius 1 is 1.40 bits per heavy atom. The van der Waals surface area contributed by atoms with Crippen LogP contribution in [0.4, 0.5) is 0 Å². The van der Waals surface area contributed by atoms with Crippen LogP contribution in [0.5, 0.6) is 0 Å². The summed E-state index contributed by atoms with van der Waals surface area (Å²) in [5, 5.41) is 0. The Labute approximate surface area is 36.8 Å². The van der Waals surface area contributed by atoms with Gasteiger partial charge in [-0.1, -0.05) is 0 Å². The molecule has 0 saturated carbocycles. The van der Waals surface area contributed by atoms with Crippen LogP contribution in [-0.4, -0.2) is 11.8 Å². The summed E-state index contributed by atoms with van der Waals surface area (Å²) >= 11 is 1.85. The van der Waals surface area contributed by atoms with Gasteiger partial charge in [-0.25, -0.2) is 10.9 Å². The summed E-state index contributed by atoms with van der Waals surface area (Å²) in [6.07, 6.45) is 0. The third-order valence-electron chi connectivity index (χ3n) is 0.473. The zero-order chi connectivity index (χ0) is 3.54. The van der Waals surface area contributed by atoms with E-state index in [1.165, 1.54) is 0 Å². The van der Waals surface area contributed by atoms with Gasteiger partial charge in [-0.05, 0) is 0 Å². The van der Waals surface area contributed by atoms with Crippen LogP contribution < -0.4 is 10.9 Å². The SMILES string of the molecule is C1NNCS1.[H+]. The number of hydrazine groups is 1. The summed E-state index contributed by atoms with van der Waals surface area (Å²) in [7, 11) is 0. The molecule has 0 aromatic carbocycles. The van der Waals surface area contributed by atoms with Crippen LogP contribution in [0.2, 0.25) is 0 Å². The number of hydrogen-bond donors (Lipinski definition) is 2. The minimum atomic E-state index is 0. The molecular formula is C2H7N2S+. The lowest BCUT2D eigenvalue weighted by molar-refractivity contribution is 0.689. The number of nitrogens with one attached hydrogen (secondary N) is 2. The van der Waals surface area contributed by atoms with E-state index >= 15 is 0 Å². The van der Waals surface area contributed by atoms with E-state index in [4.69, 9.17) is 0 Å². The minimum Gasteiger partial charge on any atom is -0.247 e. The Morgan fingerprint density at radius 3 is 2.20 bits per heavy atom. The van der Waals surface area contributed by atoms with Gasteiger partial charge in [-0.15, -0.1) is 11.8 Å². The Balaban J connectivity index is 0.000000250. The van der Waals surface area contributed by atoms with Crippen molar-refractivity contribution in [1.82, 2.24) is 10.9 Å². The van der Waals surface area contributed by atoms with Gasteiger partial charge in [0.05, 0.1) is 11.8 Å². The summed E-state index contributed by atoms with van der Waals surface area (Å²) < 4.78 is 0. The molecule has 0 bridgehead atoms. The van der Waals surface area contributed by atoms with Gasteiger partial charge in [0.25, 0.3) is 0 Å². The van der Waals surface area contributed by atoms with Gasteiger partial charge < -0.3 is 0 Å². The van der Waals surface area contributed by atoms with Gasteiger partial charge in [0.2, 0.25) is 0 Å². The molecule has 0 aliphatic carbocycles. The van der Waals surface area contributed by atoms with E-state index in [0.29, 0.717) is 0 Å². The second-order valence-corrected chi connectivity index (χ2v) is 1.83. The number of thioether (sulfide) groups is 1. The quantitative estimate of drug-likeness (QED) is 0.433. The fourth-order valence-corrected chi connectivity index (χ4v) is 0.765. The normalized spacial score (nSPS) is 24.0. The lowest BCUT2D eigenvalue weighted by Crippen LogP contribution is -2.21. The van der Waals surface area contributed by atoms with Crippen molar-refractivity contribution in [1.29, 1.82) is 0 Å². The first-order chi connectivity index (χ1) is 2.50. The molecular weight excluding hydrogens is 84.1 g/mol. The highest BCUT2D eigenvalue weighted by atomic mass is 32.2. The van der Waals surface area contributed by atoms with Crippen molar-refractivity contribution < 1.29 is 1.43 Å². The Hall–Kier alpha value is 0.270. The van der Waals surface area contributed by atoms with E-state index in [2.05, 4.69) is 10.9 Å². The summed E-state index contributed by atoms with van der Waals surface area (Å²) in [6.45, 7) is 0. The number of rotatable bonds is 0. The highest BCUT2D eigenvalue weighted by Gasteiger charge is 1.91. The molecule has 1 aliphatic rings. The van der Waals surface area contributed by atoms with E-state index in [1.807, 2.05) is 11.8 Å². The highest BCUT2D eigenvalue weighted by Crippen LogP contribution is 1.95. The third-order valence-corrected chi connectivity index (χ3v) is 1.17. The van der Waals surface area contributed by atoms with Crippen LogP contribution in [0.25, 0.3) is 0 Å². The summed E-state index contributed by atoms with van der Waals surface area (Å²) in [6, 6.07) is 0. The molecule has 0 unspecified atom stereocenters. The van der Waals surface area contributed by atoms with Gasteiger partial charge in [0, 0.05) is 0 Å². The van der Waals surface area contributed by atoms with Crippen molar-refractivity contribution in [2.75, 3.05) is 11.8 Å². The first-order valence-electron chi connectivity index (χ1n) is 1.53. The lowest BCUT2D eigenvalue weighted by Gasteiger charge is -1.79. The van der Waals surface area contributed by atoms with Crippen molar-refractivity contribution in [3.63, 3.8) is 0 Å². The molecule has 3 heteroatoms. The van der Waals surface area contributed by atoms with Gasteiger partial charge in [0.15, 0.2) is 0 Å². The average Bonchev–Trinajstić information content (AvgIpc) is 1.76. The Morgan fingerprint density at radius 2 is 2.00 bits per heavy atom. The maximum atomic E-state index is 2.94. The predicted molar refractivity (Wildman–Crippen MR) is 24.7 cm³/mol. The first-order valence-corrected chi connectivity index (χ1v) is 2.69. The standard InChI is InChI=1S/C2H6N2S/c1-3-4-2-5-1/h3-4H,1-2H2/p+1. The topological polar surface area (TPSA) is 24.1 Å². The molecule has 2 N–H and O–H groups in total. The lowest BCUT2D eigenvalue weighted by atomic mass is 11.4. The molecule has 30 valence electrons. The molecule has 0 radical (unpaired) electrons. The zero-order valence-corrected chi connectivity index (χ0v) is 3.64. The second-order valence-electron chi connectivity index (χ2n) is 0.846.